The number of carbonyl (C=O) groups is 1. The average Bonchev–Trinajstić information content (AvgIpc) is 3.19. The minimum Gasteiger partial charge on any atom is -0.492 e. The molecule has 0 spiro atoms. The summed E-state index contributed by atoms with van der Waals surface area (Å²) in [6.45, 7) is 4.22. The fraction of sp³-hybridized carbons (Fsp3) is 0.851. The summed E-state index contributed by atoms with van der Waals surface area (Å²) in [5.74, 6) is -0.292. The lowest BCUT2D eigenvalue weighted by molar-refractivity contribution is -0.147. The Hall–Kier alpha value is -1.44. The molecule has 0 heterocycles. The van der Waals surface area contributed by atoms with Gasteiger partial charge in [0, 0.05) is 13.0 Å². The molecule has 8 nitrogen and oxygen atoms in total. The van der Waals surface area contributed by atoms with Crippen molar-refractivity contribution < 1.29 is 32.8 Å². The molecular formula is C47H90NO7P. The lowest BCUT2D eigenvalue weighted by atomic mass is 10.0. The number of hydrogen-bond acceptors (Lipinski definition) is 7. The van der Waals surface area contributed by atoms with Crippen LogP contribution >= 0.6 is 7.82 Å². The molecule has 0 fully saturated rings. The van der Waals surface area contributed by atoms with E-state index < -0.39 is 13.9 Å². The van der Waals surface area contributed by atoms with Crippen molar-refractivity contribution in [2.24, 2.45) is 5.73 Å². The molecule has 0 aliphatic rings. The number of hydrogen-bond donors (Lipinski definition) is 2. The molecule has 0 saturated carbocycles. The fourth-order valence-electron chi connectivity index (χ4n) is 6.56. The van der Waals surface area contributed by atoms with Crippen LogP contribution in [0.15, 0.2) is 36.6 Å². The summed E-state index contributed by atoms with van der Waals surface area (Å²) in [6, 6.07) is 0. The van der Waals surface area contributed by atoms with Crippen LogP contribution in [0, 0.1) is 0 Å². The highest BCUT2D eigenvalue weighted by Gasteiger charge is 2.24. The van der Waals surface area contributed by atoms with E-state index in [9.17, 15) is 14.3 Å². The molecule has 0 aromatic heterocycles. The van der Waals surface area contributed by atoms with Gasteiger partial charge in [-0.3, -0.25) is 13.8 Å². The smallest absolute Gasteiger partial charge is 0.472 e. The van der Waals surface area contributed by atoms with Crippen molar-refractivity contribution in [3.05, 3.63) is 36.6 Å². The highest BCUT2D eigenvalue weighted by Crippen LogP contribution is 2.43. The first kappa shape index (κ1) is 54.6. The first-order valence-electron chi connectivity index (χ1n) is 23.5. The summed E-state index contributed by atoms with van der Waals surface area (Å²) in [7, 11) is -4.27. The molecule has 56 heavy (non-hydrogen) atoms. The molecule has 0 aliphatic heterocycles. The first-order chi connectivity index (χ1) is 27.4. The lowest BCUT2D eigenvalue weighted by Crippen LogP contribution is -2.25. The Morgan fingerprint density at radius 2 is 0.911 bits per heavy atom. The topological polar surface area (TPSA) is 117 Å². The van der Waals surface area contributed by atoms with Gasteiger partial charge in [-0.1, -0.05) is 173 Å². The number of ether oxygens (including phenoxy) is 2. The number of allylic oxidation sites excluding steroid dienone is 5. The maximum atomic E-state index is 12.4. The van der Waals surface area contributed by atoms with Gasteiger partial charge in [-0.15, -0.1) is 0 Å². The number of phosphoric acid groups is 1. The van der Waals surface area contributed by atoms with E-state index in [2.05, 4.69) is 38.2 Å². The number of unbranched alkanes of at least 4 members (excludes halogenated alkanes) is 28. The molecule has 3 N–H and O–H groups in total. The Morgan fingerprint density at radius 3 is 1.32 bits per heavy atom. The van der Waals surface area contributed by atoms with Crippen LogP contribution in [0.1, 0.15) is 226 Å². The van der Waals surface area contributed by atoms with Gasteiger partial charge in [0.15, 0.2) is 6.10 Å². The van der Waals surface area contributed by atoms with E-state index in [4.69, 9.17) is 24.3 Å². The number of rotatable bonds is 45. The van der Waals surface area contributed by atoms with Gasteiger partial charge >= 0.3 is 13.8 Å². The van der Waals surface area contributed by atoms with E-state index in [1.54, 1.807) is 6.26 Å². The van der Waals surface area contributed by atoms with Crippen molar-refractivity contribution in [3.8, 4) is 0 Å². The van der Waals surface area contributed by atoms with Gasteiger partial charge in [0.25, 0.3) is 0 Å². The van der Waals surface area contributed by atoms with Crippen LogP contribution in [0.5, 0.6) is 0 Å². The summed E-state index contributed by atoms with van der Waals surface area (Å²) in [4.78, 5) is 22.3. The van der Waals surface area contributed by atoms with Crippen molar-refractivity contribution >= 4 is 13.8 Å². The molecule has 0 radical (unpaired) electrons. The normalized spacial score (nSPS) is 13.6. The second kappa shape index (κ2) is 44.7. The predicted octanol–water partition coefficient (Wildman–Crippen LogP) is 14.5. The summed E-state index contributed by atoms with van der Waals surface area (Å²) in [5.41, 5.74) is 5.37. The summed E-state index contributed by atoms with van der Waals surface area (Å²) >= 11 is 0. The number of phosphoric ester groups is 1. The van der Waals surface area contributed by atoms with Gasteiger partial charge in [0.1, 0.15) is 6.61 Å². The van der Waals surface area contributed by atoms with Crippen LogP contribution in [0.3, 0.4) is 0 Å². The van der Waals surface area contributed by atoms with E-state index in [0.717, 1.165) is 44.9 Å². The molecule has 2 unspecified atom stereocenters. The third-order valence-corrected chi connectivity index (χ3v) is 11.1. The Labute approximate surface area is 346 Å². The van der Waals surface area contributed by atoms with Crippen molar-refractivity contribution in [1.29, 1.82) is 0 Å². The summed E-state index contributed by atoms with van der Waals surface area (Å²) < 4.78 is 33.3. The van der Waals surface area contributed by atoms with Crippen molar-refractivity contribution in [1.82, 2.24) is 0 Å². The zero-order chi connectivity index (χ0) is 40.9. The van der Waals surface area contributed by atoms with E-state index >= 15 is 0 Å². The third kappa shape index (κ3) is 43.7. The highest BCUT2D eigenvalue weighted by molar-refractivity contribution is 7.47. The minimum absolute atomic E-state index is 0.0671. The molecule has 0 aliphatic carbocycles. The second-order valence-corrected chi connectivity index (χ2v) is 17.1. The standard InChI is InChI=1S/C47H90NO7P/c1-3-5-7-9-11-13-15-17-19-21-22-23-24-25-26-28-30-32-34-36-38-40-47(49)53-44-46(45-55-56(50,51)54-43-41-48)52-42-39-37-35-33-31-29-27-20-18-16-14-12-10-8-6-4-2/h17-20,39,42,46H,3-16,21-38,40-41,43-45,48H2,1-2H3,(H,50,51). The highest BCUT2D eigenvalue weighted by atomic mass is 31.2. The first-order valence-corrected chi connectivity index (χ1v) is 25.0. The third-order valence-electron chi connectivity index (χ3n) is 10.1. The van der Waals surface area contributed by atoms with Crippen LogP contribution in [0.25, 0.3) is 0 Å². The molecule has 0 bridgehead atoms. The van der Waals surface area contributed by atoms with Gasteiger partial charge in [0.2, 0.25) is 0 Å². The van der Waals surface area contributed by atoms with E-state index in [1.165, 1.54) is 161 Å². The SMILES string of the molecule is CCCCCCCCC=CCCCCCCC=COC(COC(=O)CCCCCCCCCCCCCC=CCCCCCCCC)COP(=O)(O)OCCN. The maximum Gasteiger partial charge on any atom is 0.472 e. The van der Waals surface area contributed by atoms with Crippen LogP contribution < -0.4 is 5.73 Å². The minimum atomic E-state index is -4.27. The molecule has 0 saturated heterocycles. The summed E-state index contributed by atoms with van der Waals surface area (Å²) in [6.07, 6.45) is 52.7. The predicted molar refractivity (Wildman–Crippen MR) is 238 cm³/mol. The largest absolute Gasteiger partial charge is 0.492 e. The maximum absolute atomic E-state index is 12.4. The Balaban J connectivity index is 4.00. The Bertz CT molecular complexity index is 957. The van der Waals surface area contributed by atoms with Crippen molar-refractivity contribution in [2.45, 2.75) is 232 Å². The van der Waals surface area contributed by atoms with Crippen LogP contribution in [-0.4, -0.2) is 43.3 Å². The number of carbonyl (C=O) groups excluding carboxylic acids is 1. The molecule has 0 aromatic carbocycles. The molecule has 0 amide bonds. The number of nitrogens with two attached hydrogens (primary N) is 1. The van der Waals surface area contributed by atoms with Gasteiger partial charge in [-0.2, -0.15) is 0 Å². The zero-order valence-electron chi connectivity index (χ0n) is 36.6. The fourth-order valence-corrected chi connectivity index (χ4v) is 7.32. The molecule has 2 atom stereocenters. The second-order valence-electron chi connectivity index (χ2n) is 15.7. The lowest BCUT2D eigenvalue weighted by Gasteiger charge is -2.19. The van der Waals surface area contributed by atoms with E-state index in [1.807, 2.05) is 6.08 Å². The van der Waals surface area contributed by atoms with Gasteiger partial charge in [-0.25, -0.2) is 4.57 Å². The molecule has 0 aromatic rings. The van der Waals surface area contributed by atoms with Crippen molar-refractivity contribution in [2.75, 3.05) is 26.4 Å². The molecule has 330 valence electrons. The Kier molecular flexibility index (Phi) is 43.5. The number of esters is 1. The molecule has 9 heteroatoms. The van der Waals surface area contributed by atoms with Gasteiger partial charge in [0.05, 0.1) is 19.5 Å². The Morgan fingerprint density at radius 1 is 0.536 bits per heavy atom. The van der Waals surface area contributed by atoms with Gasteiger partial charge < -0.3 is 20.1 Å². The average molecular weight is 812 g/mol. The van der Waals surface area contributed by atoms with E-state index in [-0.39, 0.29) is 32.3 Å². The van der Waals surface area contributed by atoms with Crippen LogP contribution in [-0.2, 0) is 27.9 Å². The molecule has 0 rings (SSSR count). The van der Waals surface area contributed by atoms with Crippen LogP contribution in [0.2, 0.25) is 0 Å². The summed E-state index contributed by atoms with van der Waals surface area (Å²) in [5, 5.41) is 0. The van der Waals surface area contributed by atoms with Crippen LogP contribution in [0.4, 0.5) is 0 Å². The van der Waals surface area contributed by atoms with Gasteiger partial charge in [-0.05, 0) is 76.7 Å². The zero-order valence-corrected chi connectivity index (χ0v) is 37.5. The molecular weight excluding hydrogens is 721 g/mol. The van der Waals surface area contributed by atoms with Crippen molar-refractivity contribution in [3.63, 3.8) is 0 Å². The quantitative estimate of drug-likeness (QED) is 0.0205. The monoisotopic (exact) mass is 812 g/mol. The van der Waals surface area contributed by atoms with E-state index in [0.29, 0.717) is 6.42 Å².